The van der Waals surface area contributed by atoms with Crippen molar-refractivity contribution in [2.75, 3.05) is 13.1 Å². The maximum Gasteiger partial charge on any atom is 0.0648 e. The molecule has 2 nitrogen and oxygen atoms in total. The number of hydrogen-bond acceptors (Lipinski definition) is 1. The van der Waals surface area contributed by atoms with E-state index in [2.05, 4.69) is 22.9 Å². The van der Waals surface area contributed by atoms with E-state index >= 15 is 0 Å². The SMILES string of the molecule is CCN1CCc2[nH]c3c(Cl)cccc3c2C1. The van der Waals surface area contributed by atoms with Crippen LogP contribution in [0.1, 0.15) is 18.2 Å². The number of H-pyrrole nitrogens is 1. The number of rotatable bonds is 1. The third-order valence-corrected chi connectivity index (χ3v) is 3.80. The molecular formula is C13H15ClN2. The quantitative estimate of drug-likeness (QED) is 0.803. The van der Waals surface area contributed by atoms with Crippen molar-refractivity contribution >= 4 is 22.5 Å². The van der Waals surface area contributed by atoms with E-state index in [0.717, 1.165) is 36.6 Å². The average Bonchev–Trinajstić information content (AvgIpc) is 2.68. The molecule has 0 atom stereocenters. The molecule has 3 rings (SSSR count). The summed E-state index contributed by atoms with van der Waals surface area (Å²) in [6.45, 7) is 5.53. The van der Waals surface area contributed by atoms with Gasteiger partial charge in [0.2, 0.25) is 0 Å². The van der Waals surface area contributed by atoms with Crippen molar-refractivity contribution < 1.29 is 0 Å². The molecule has 16 heavy (non-hydrogen) atoms. The van der Waals surface area contributed by atoms with E-state index in [-0.39, 0.29) is 0 Å². The molecule has 0 saturated heterocycles. The monoisotopic (exact) mass is 234 g/mol. The van der Waals surface area contributed by atoms with Crippen LogP contribution in [0.2, 0.25) is 5.02 Å². The lowest BCUT2D eigenvalue weighted by Gasteiger charge is -2.25. The lowest BCUT2D eigenvalue weighted by molar-refractivity contribution is 0.268. The molecule has 1 aromatic heterocycles. The lowest BCUT2D eigenvalue weighted by atomic mass is 10.0. The predicted molar refractivity (Wildman–Crippen MR) is 68.0 cm³/mol. The summed E-state index contributed by atoms with van der Waals surface area (Å²) < 4.78 is 0. The molecule has 1 aliphatic rings. The maximum atomic E-state index is 6.20. The highest BCUT2D eigenvalue weighted by molar-refractivity contribution is 6.35. The summed E-state index contributed by atoms with van der Waals surface area (Å²) in [5.74, 6) is 0. The molecule has 1 N–H and O–H groups in total. The van der Waals surface area contributed by atoms with E-state index in [4.69, 9.17) is 11.6 Å². The normalized spacial score (nSPS) is 16.6. The Morgan fingerprint density at radius 1 is 1.44 bits per heavy atom. The van der Waals surface area contributed by atoms with Gasteiger partial charge < -0.3 is 4.98 Å². The van der Waals surface area contributed by atoms with Crippen molar-refractivity contribution in [1.82, 2.24) is 9.88 Å². The van der Waals surface area contributed by atoms with Gasteiger partial charge in [-0.2, -0.15) is 0 Å². The van der Waals surface area contributed by atoms with Crippen molar-refractivity contribution in [3.63, 3.8) is 0 Å². The van der Waals surface area contributed by atoms with Crippen LogP contribution in [0.15, 0.2) is 18.2 Å². The Morgan fingerprint density at radius 3 is 3.12 bits per heavy atom. The second-order valence-electron chi connectivity index (χ2n) is 4.36. The van der Waals surface area contributed by atoms with Crippen molar-refractivity contribution in [1.29, 1.82) is 0 Å². The fourth-order valence-corrected chi connectivity index (χ4v) is 2.75. The van der Waals surface area contributed by atoms with Crippen LogP contribution in [0.25, 0.3) is 10.9 Å². The van der Waals surface area contributed by atoms with Crippen LogP contribution in [0.4, 0.5) is 0 Å². The van der Waals surface area contributed by atoms with E-state index < -0.39 is 0 Å². The minimum Gasteiger partial charge on any atom is -0.357 e. The zero-order valence-corrected chi connectivity index (χ0v) is 10.1. The van der Waals surface area contributed by atoms with Crippen LogP contribution in [0.5, 0.6) is 0 Å². The van der Waals surface area contributed by atoms with Gasteiger partial charge in [-0.3, -0.25) is 4.90 Å². The van der Waals surface area contributed by atoms with Gasteiger partial charge >= 0.3 is 0 Å². The lowest BCUT2D eigenvalue weighted by Crippen LogP contribution is -2.29. The second-order valence-corrected chi connectivity index (χ2v) is 4.77. The number of nitrogens with zero attached hydrogens (tertiary/aromatic N) is 1. The van der Waals surface area contributed by atoms with E-state index in [1.807, 2.05) is 12.1 Å². The first-order chi connectivity index (χ1) is 7.79. The van der Waals surface area contributed by atoms with Gasteiger partial charge in [0.05, 0.1) is 10.5 Å². The highest BCUT2D eigenvalue weighted by Gasteiger charge is 2.20. The second kappa shape index (κ2) is 3.79. The summed E-state index contributed by atoms with van der Waals surface area (Å²) in [6, 6.07) is 6.14. The van der Waals surface area contributed by atoms with Gasteiger partial charge in [0, 0.05) is 30.6 Å². The molecule has 1 aliphatic heterocycles. The minimum atomic E-state index is 0.829. The molecular weight excluding hydrogens is 220 g/mol. The Balaban J connectivity index is 2.18. The van der Waals surface area contributed by atoms with E-state index in [0.29, 0.717) is 0 Å². The van der Waals surface area contributed by atoms with Gasteiger partial charge in [-0.05, 0) is 18.2 Å². The van der Waals surface area contributed by atoms with Crippen LogP contribution in [0, 0.1) is 0 Å². The molecule has 0 radical (unpaired) electrons. The van der Waals surface area contributed by atoms with Gasteiger partial charge in [0.15, 0.2) is 0 Å². The van der Waals surface area contributed by atoms with E-state index in [9.17, 15) is 0 Å². The zero-order chi connectivity index (χ0) is 11.1. The summed E-state index contributed by atoms with van der Waals surface area (Å²) in [7, 11) is 0. The van der Waals surface area contributed by atoms with Gasteiger partial charge in [0.25, 0.3) is 0 Å². The van der Waals surface area contributed by atoms with Gasteiger partial charge in [0.1, 0.15) is 0 Å². The highest BCUT2D eigenvalue weighted by Crippen LogP contribution is 2.31. The number of para-hydroxylation sites is 1. The molecule has 2 aromatic rings. The molecule has 0 saturated carbocycles. The Morgan fingerprint density at radius 2 is 2.31 bits per heavy atom. The largest absolute Gasteiger partial charge is 0.357 e. The predicted octanol–water partition coefficient (Wildman–Crippen LogP) is 3.20. The average molecular weight is 235 g/mol. The molecule has 2 heterocycles. The smallest absolute Gasteiger partial charge is 0.0648 e. The number of nitrogens with one attached hydrogen (secondary N) is 1. The molecule has 3 heteroatoms. The summed E-state index contributed by atoms with van der Waals surface area (Å²) >= 11 is 6.20. The fraction of sp³-hybridized carbons (Fsp3) is 0.385. The van der Waals surface area contributed by atoms with Gasteiger partial charge in [-0.15, -0.1) is 0 Å². The zero-order valence-electron chi connectivity index (χ0n) is 9.39. The van der Waals surface area contributed by atoms with Crippen LogP contribution in [-0.4, -0.2) is 23.0 Å². The Bertz CT molecular complexity index is 530. The molecule has 0 aliphatic carbocycles. The molecule has 0 unspecified atom stereocenters. The summed E-state index contributed by atoms with van der Waals surface area (Å²) in [6.07, 6.45) is 1.11. The van der Waals surface area contributed by atoms with Crippen LogP contribution < -0.4 is 0 Å². The van der Waals surface area contributed by atoms with Gasteiger partial charge in [-0.1, -0.05) is 30.7 Å². The Hall–Kier alpha value is -0.990. The molecule has 84 valence electrons. The maximum absolute atomic E-state index is 6.20. The molecule has 1 aromatic carbocycles. The Kier molecular flexibility index (Phi) is 2.41. The number of likely N-dealkylation sites (N-methyl/N-ethyl adjacent to an activating group) is 1. The first kappa shape index (κ1) is 10.2. The summed E-state index contributed by atoms with van der Waals surface area (Å²) in [5, 5.41) is 2.12. The van der Waals surface area contributed by atoms with E-state index in [1.165, 1.54) is 16.6 Å². The number of aromatic nitrogens is 1. The summed E-state index contributed by atoms with van der Waals surface area (Å²) in [4.78, 5) is 5.94. The van der Waals surface area contributed by atoms with E-state index in [1.54, 1.807) is 0 Å². The number of benzene rings is 1. The number of halogens is 1. The number of hydrogen-bond donors (Lipinski definition) is 1. The number of fused-ring (bicyclic) bond motifs is 3. The van der Waals surface area contributed by atoms with Crippen LogP contribution >= 0.6 is 11.6 Å². The topological polar surface area (TPSA) is 19.0 Å². The summed E-state index contributed by atoms with van der Waals surface area (Å²) in [5.41, 5.74) is 3.91. The third kappa shape index (κ3) is 1.45. The van der Waals surface area contributed by atoms with Crippen molar-refractivity contribution in [2.45, 2.75) is 19.9 Å². The first-order valence-corrected chi connectivity index (χ1v) is 6.17. The molecule has 0 amide bonds. The Labute approximate surface area is 100 Å². The molecule has 0 bridgehead atoms. The molecule has 0 fully saturated rings. The van der Waals surface area contributed by atoms with Crippen LogP contribution in [0.3, 0.4) is 0 Å². The van der Waals surface area contributed by atoms with Crippen molar-refractivity contribution in [3.05, 3.63) is 34.5 Å². The fourth-order valence-electron chi connectivity index (χ4n) is 2.53. The first-order valence-electron chi connectivity index (χ1n) is 5.80. The third-order valence-electron chi connectivity index (χ3n) is 3.49. The molecule has 0 spiro atoms. The van der Waals surface area contributed by atoms with Crippen molar-refractivity contribution in [2.24, 2.45) is 0 Å². The number of aromatic amines is 1. The minimum absolute atomic E-state index is 0.829. The highest BCUT2D eigenvalue weighted by atomic mass is 35.5. The van der Waals surface area contributed by atoms with Crippen LogP contribution in [-0.2, 0) is 13.0 Å². The van der Waals surface area contributed by atoms with Gasteiger partial charge in [-0.25, -0.2) is 0 Å². The standard InChI is InChI=1S/C13H15ClN2/c1-2-16-7-6-12-10(8-16)9-4-3-5-11(14)13(9)15-12/h3-5,15H,2,6-8H2,1H3. The van der Waals surface area contributed by atoms with Crippen molar-refractivity contribution in [3.8, 4) is 0 Å².